The number of fused-ring (bicyclic) bond motifs is 1. The molecule has 3 rings (SSSR count). The van der Waals surface area contributed by atoms with Crippen molar-refractivity contribution in [2.75, 3.05) is 0 Å². The third kappa shape index (κ3) is 3.05. The fourth-order valence-electron chi connectivity index (χ4n) is 2.62. The molecule has 112 valence electrons. The van der Waals surface area contributed by atoms with Gasteiger partial charge in [-0.1, -0.05) is 46.3 Å². The quantitative estimate of drug-likeness (QED) is 0.553. The van der Waals surface area contributed by atoms with E-state index in [2.05, 4.69) is 34.1 Å². The summed E-state index contributed by atoms with van der Waals surface area (Å²) in [6.07, 6.45) is 2.76. The van der Waals surface area contributed by atoms with Crippen LogP contribution in [-0.4, -0.2) is 15.7 Å². The number of rotatable bonds is 4. The van der Waals surface area contributed by atoms with Crippen LogP contribution in [0.1, 0.15) is 11.1 Å². The van der Waals surface area contributed by atoms with Crippen LogP contribution in [0.4, 0.5) is 0 Å². The highest BCUT2D eigenvalue weighted by Crippen LogP contribution is 2.27. The van der Waals surface area contributed by atoms with E-state index in [1.165, 1.54) is 5.56 Å². The minimum absolute atomic E-state index is 0.0867. The van der Waals surface area contributed by atoms with Crippen molar-refractivity contribution in [3.05, 3.63) is 70.3 Å². The highest BCUT2D eigenvalue weighted by atomic mass is 79.9. The Morgan fingerprint density at radius 3 is 2.68 bits per heavy atom. The Morgan fingerprint density at radius 1 is 1.18 bits per heavy atom. The molecule has 0 bridgehead atoms. The summed E-state index contributed by atoms with van der Waals surface area (Å²) in [5.74, 6) is -0.439. The molecule has 1 heterocycles. The summed E-state index contributed by atoms with van der Waals surface area (Å²) < 4.78 is 2.85. The molecule has 2 N–H and O–H groups in total. The summed E-state index contributed by atoms with van der Waals surface area (Å²) in [7, 11) is 0. The number of carbonyl (C=O) groups excluding carboxylic acids is 1. The van der Waals surface area contributed by atoms with E-state index in [1.54, 1.807) is 5.48 Å². The molecule has 1 amide bonds. The minimum Gasteiger partial charge on any atom is -0.338 e. The maximum Gasteiger partial charge on any atom is 0.263 e. The van der Waals surface area contributed by atoms with Gasteiger partial charge >= 0.3 is 0 Å². The summed E-state index contributed by atoms with van der Waals surface area (Å²) in [6.45, 7) is 0.0867. The Morgan fingerprint density at radius 2 is 1.95 bits per heavy atom. The Bertz CT molecular complexity index is 812. The van der Waals surface area contributed by atoms with Gasteiger partial charge in [0, 0.05) is 21.6 Å². The van der Waals surface area contributed by atoms with Crippen LogP contribution in [0.3, 0.4) is 0 Å². The van der Waals surface area contributed by atoms with E-state index in [-0.39, 0.29) is 6.54 Å². The van der Waals surface area contributed by atoms with Crippen molar-refractivity contribution >= 4 is 32.7 Å². The Kier molecular flexibility index (Phi) is 4.27. The van der Waals surface area contributed by atoms with Crippen LogP contribution in [0.2, 0.25) is 0 Å². The molecule has 2 aromatic carbocycles. The van der Waals surface area contributed by atoms with Crippen molar-refractivity contribution in [2.24, 2.45) is 0 Å². The predicted octanol–water partition coefficient (Wildman–Crippen LogP) is 3.50. The largest absolute Gasteiger partial charge is 0.338 e. The zero-order valence-electron chi connectivity index (χ0n) is 11.8. The smallest absolute Gasteiger partial charge is 0.263 e. The van der Waals surface area contributed by atoms with Gasteiger partial charge in [0.2, 0.25) is 0 Å². The number of carbonyl (C=O) groups is 1. The molecule has 0 aliphatic heterocycles. The fourth-order valence-corrected chi connectivity index (χ4v) is 2.98. The molecular weight excluding hydrogens is 344 g/mol. The standard InChI is InChI=1S/C17H15BrN2O2/c18-14-6-7-16-15(9-14)13(8-12-4-2-1-3-5-12)10-20(16)11-17(21)19-22/h1-7,9-10,22H,8,11H2,(H,19,21). The number of benzene rings is 2. The summed E-state index contributed by atoms with van der Waals surface area (Å²) in [6, 6.07) is 16.2. The van der Waals surface area contributed by atoms with Crippen molar-refractivity contribution < 1.29 is 10.0 Å². The second-order valence-corrected chi connectivity index (χ2v) is 6.06. The lowest BCUT2D eigenvalue weighted by Gasteiger charge is -2.03. The zero-order valence-corrected chi connectivity index (χ0v) is 13.4. The Balaban J connectivity index is 2.05. The third-order valence-corrected chi connectivity index (χ3v) is 4.09. The van der Waals surface area contributed by atoms with Crippen LogP contribution in [0.5, 0.6) is 0 Å². The van der Waals surface area contributed by atoms with Crippen molar-refractivity contribution in [1.29, 1.82) is 0 Å². The average molecular weight is 359 g/mol. The first kappa shape index (κ1) is 14.8. The average Bonchev–Trinajstić information content (AvgIpc) is 2.85. The van der Waals surface area contributed by atoms with Crippen LogP contribution < -0.4 is 5.48 Å². The number of aromatic nitrogens is 1. The van der Waals surface area contributed by atoms with E-state index in [9.17, 15) is 4.79 Å². The van der Waals surface area contributed by atoms with E-state index in [0.717, 1.165) is 27.4 Å². The molecule has 0 unspecified atom stereocenters. The van der Waals surface area contributed by atoms with Gasteiger partial charge in [0.25, 0.3) is 5.91 Å². The maximum absolute atomic E-state index is 11.5. The number of nitrogens with zero attached hydrogens (tertiary/aromatic N) is 1. The van der Waals surface area contributed by atoms with E-state index < -0.39 is 5.91 Å². The first-order valence-corrected chi connectivity index (χ1v) is 7.71. The number of hydrogen-bond acceptors (Lipinski definition) is 2. The summed E-state index contributed by atoms with van der Waals surface area (Å²) in [4.78, 5) is 11.5. The Hall–Kier alpha value is -2.11. The normalized spacial score (nSPS) is 10.8. The Labute approximate surface area is 136 Å². The molecule has 0 fully saturated rings. The van der Waals surface area contributed by atoms with Gasteiger partial charge in [0.15, 0.2) is 0 Å². The van der Waals surface area contributed by atoms with Gasteiger partial charge in [-0.2, -0.15) is 0 Å². The molecule has 0 saturated heterocycles. The molecule has 0 aliphatic carbocycles. The van der Waals surface area contributed by atoms with Crippen molar-refractivity contribution in [1.82, 2.24) is 10.0 Å². The van der Waals surface area contributed by atoms with Crippen LogP contribution in [-0.2, 0) is 17.8 Å². The number of nitrogens with one attached hydrogen (secondary N) is 1. The molecule has 0 aliphatic rings. The van der Waals surface area contributed by atoms with E-state index in [1.807, 2.05) is 41.1 Å². The SMILES string of the molecule is O=C(Cn1cc(Cc2ccccc2)c2cc(Br)ccc21)NO. The summed E-state index contributed by atoms with van der Waals surface area (Å²) in [5, 5.41) is 9.83. The minimum atomic E-state index is -0.439. The monoisotopic (exact) mass is 358 g/mol. The first-order valence-electron chi connectivity index (χ1n) is 6.91. The van der Waals surface area contributed by atoms with Crippen LogP contribution in [0.25, 0.3) is 10.9 Å². The number of amides is 1. The highest BCUT2D eigenvalue weighted by Gasteiger charge is 2.11. The molecule has 0 saturated carbocycles. The van der Waals surface area contributed by atoms with E-state index >= 15 is 0 Å². The first-order chi connectivity index (χ1) is 10.7. The molecule has 0 radical (unpaired) electrons. The van der Waals surface area contributed by atoms with Gasteiger partial charge < -0.3 is 4.57 Å². The molecule has 3 aromatic rings. The second kappa shape index (κ2) is 6.34. The van der Waals surface area contributed by atoms with Crippen LogP contribution in [0.15, 0.2) is 59.2 Å². The molecule has 22 heavy (non-hydrogen) atoms. The van der Waals surface area contributed by atoms with Crippen LogP contribution in [0, 0.1) is 0 Å². The van der Waals surface area contributed by atoms with Gasteiger partial charge in [-0.15, -0.1) is 0 Å². The molecule has 4 nitrogen and oxygen atoms in total. The van der Waals surface area contributed by atoms with Crippen LogP contribution >= 0.6 is 15.9 Å². The maximum atomic E-state index is 11.5. The lowest BCUT2D eigenvalue weighted by atomic mass is 10.0. The summed E-state index contributed by atoms with van der Waals surface area (Å²) >= 11 is 3.50. The predicted molar refractivity (Wildman–Crippen MR) is 88.8 cm³/mol. The third-order valence-electron chi connectivity index (χ3n) is 3.60. The fraction of sp³-hybridized carbons (Fsp3) is 0.118. The number of hydroxylamine groups is 1. The molecule has 5 heteroatoms. The van der Waals surface area contributed by atoms with E-state index in [0.29, 0.717) is 0 Å². The molecular formula is C17H15BrN2O2. The molecule has 0 spiro atoms. The topological polar surface area (TPSA) is 54.3 Å². The van der Waals surface area contributed by atoms with E-state index in [4.69, 9.17) is 5.21 Å². The van der Waals surface area contributed by atoms with Crippen molar-refractivity contribution in [3.8, 4) is 0 Å². The second-order valence-electron chi connectivity index (χ2n) is 5.14. The van der Waals surface area contributed by atoms with Crippen molar-refractivity contribution in [2.45, 2.75) is 13.0 Å². The lowest BCUT2D eigenvalue weighted by Crippen LogP contribution is -2.23. The zero-order chi connectivity index (χ0) is 15.5. The van der Waals surface area contributed by atoms with Gasteiger partial charge in [-0.25, -0.2) is 5.48 Å². The summed E-state index contributed by atoms with van der Waals surface area (Å²) in [5.41, 5.74) is 5.01. The van der Waals surface area contributed by atoms with Gasteiger partial charge in [-0.3, -0.25) is 10.0 Å². The number of halogens is 1. The van der Waals surface area contributed by atoms with Gasteiger partial charge in [0.1, 0.15) is 6.54 Å². The van der Waals surface area contributed by atoms with Gasteiger partial charge in [-0.05, 0) is 35.7 Å². The lowest BCUT2D eigenvalue weighted by molar-refractivity contribution is -0.129. The highest BCUT2D eigenvalue weighted by molar-refractivity contribution is 9.10. The molecule has 1 aromatic heterocycles. The number of hydrogen-bond donors (Lipinski definition) is 2. The van der Waals surface area contributed by atoms with Crippen molar-refractivity contribution in [3.63, 3.8) is 0 Å². The molecule has 0 atom stereocenters. The van der Waals surface area contributed by atoms with Gasteiger partial charge in [0.05, 0.1) is 0 Å².